The van der Waals surface area contributed by atoms with Crippen molar-refractivity contribution in [3.8, 4) is 0 Å². The molecule has 0 fully saturated rings. The summed E-state index contributed by atoms with van der Waals surface area (Å²) in [5.41, 5.74) is 0.866. The van der Waals surface area contributed by atoms with Crippen LogP contribution in [0.15, 0.2) is 29.1 Å². The minimum atomic E-state index is -0.113. The molecular formula is C12H14N2O. The van der Waals surface area contributed by atoms with Crippen molar-refractivity contribution >= 4 is 10.8 Å². The maximum absolute atomic E-state index is 11.5. The molecule has 0 saturated carbocycles. The quantitative estimate of drug-likeness (QED) is 0.813. The second-order valence-corrected chi connectivity index (χ2v) is 3.79. The molecule has 1 aromatic heterocycles. The molecule has 3 heteroatoms. The van der Waals surface area contributed by atoms with Crippen LogP contribution in [0.5, 0.6) is 0 Å². The van der Waals surface area contributed by atoms with Gasteiger partial charge in [0.25, 0.3) is 5.56 Å². The van der Waals surface area contributed by atoms with Gasteiger partial charge in [-0.3, -0.25) is 4.79 Å². The lowest BCUT2D eigenvalue weighted by Crippen LogP contribution is -2.12. The highest BCUT2D eigenvalue weighted by atomic mass is 16.1. The zero-order valence-electron chi connectivity index (χ0n) is 8.95. The third kappa shape index (κ3) is 1.65. The summed E-state index contributed by atoms with van der Waals surface area (Å²) in [6.07, 6.45) is 1.02. The van der Waals surface area contributed by atoms with Gasteiger partial charge in [-0.15, -0.1) is 0 Å². The fourth-order valence-electron chi connectivity index (χ4n) is 1.70. The molecule has 0 aliphatic heterocycles. The molecule has 3 nitrogen and oxygen atoms in total. The van der Waals surface area contributed by atoms with Crippen molar-refractivity contribution in [2.75, 3.05) is 0 Å². The molecule has 0 radical (unpaired) electrons. The molecule has 0 amide bonds. The van der Waals surface area contributed by atoms with Crippen LogP contribution in [0.2, 0.25) is 0 Å². The predicted octanol–water partition coefficient (Wildman–Crippen LogP) is 2.44. The van der Waals surface area contributed by atoms with Gasteiger partial charge in [-0.1, -0.05) is 32.0 Å². The Labute approximate surface area is 88.1 Å². The van der Waals surface area contributed by atoms with Gasteiger partial charge in [-0.2, -0.15) is 5.10 Å². The number of hydrogen-bond donors (Lipinski definition) is 1. The first-order valence-corrected chi connectivity index (χ1v) is 5.21. The van der Waals surface area contributed by atoms with E-state index in [1.807, 2.05) is 24.3 Å². The summed E-state index contributed by atoms with van der Waals surface area (Å²) < 4.78 is 0. The molecule has 0 bridgehead atoms. The summed E-state index contributed by atoms with van der Waals surface area (Å²) in [4.78, 5) is 11.5. The predicted molar refractivity (Wildman–Crippen MR) is 61.1 cm³/mol. The molecule has 15 heavy (non-hydrogen) atoms. The van der Waals surface area contributed by atoms with E-state index >= 15 is 0 Å². The first kappa shape index (κ1) is 9.90. The Kier molecular flexibility index (Phi) is 2.54. The van der Waals surface area contributed by atoms with Gasteiger partial charge in [0, 0.05) is 11.3 Å². The Balaban J connectivity index is 2.77. The largest absolute Gasteiger partial charge is 0.272 e. The third-order valence-corrected chi connectivity index (χ3v) is 2.80. The molecule has 2 aromatic rings. The normalized spacial score (nSPS) is 12.9. The van der Waals surface area contributed by atoms with Crippen LogP contribution in [0.3, 0.4) is 0 Å². The minimum absolute atomic E-state index is 0.113. The lowest BCUT2D eigenvalue weighted by molar-refractivity contribution is 0.697. The molecule has 1 N–H and O–H groups in total. The number of aromatic nitrogens is 2. The average molecular weight is 202 g/mol. The second kappa shape index (κ2) is 3.85. The highest BCUT2D eigenvalue weighted by Crippen LogP contribution is 2.22. The first-order valence-electron chi connectivity index (χ1n) is 5.21. The number of fused-ring (bicyclic) bond motifs is 1. The minimum Gasteiger partial charge on any atom is -0.267 e. The summed E-state index contributed by atoms with van der Waals surface area (Å²) in [5, 5.41) is 8.39. The highest BCUT2D eigenvalue weighted by Gasteiger charge is 2.10. The Morgan fingerprint density at radius 2 is 2.00 bits per heavy atom. The van der Waals surface area contributed by atoms with Crippen LogP contribution in [-0.2, 0) is 0 Å². The zero-order valence-corrected chi connectivity index (χ0v) is 8.95. The number of H-pyrrole nitrogens is 1. The van der Waals surface area contributed by atoms with E-state index in [2.05, 4.69) is 24.0 Å². The SMILES string of the molecule is CCC(C)c1n[nH]c(=O)c2ccccc12. The number of nitrogens with zero attached hydrogens (tertiary/aromatic N) is 1. The van der Waals surface area contributed by atoms with E-state index in [9.17, 15) is 4.79 Å². The van der Waals surface area contributed by atoms with Crippen LogP contribution >= 0.6 is 0 Å². The molecule has 1 aromatic carbocycles. The number of benzene rings is 1. The Morgan fingerprint density at radius 3 is 2.67 bits per heavy atom. The van der Waals surface area contributed by atoms with Crippen LogP contribution in [-0.4, -0.2) is 10.2 Å². The molecule has 2 rings (SSSR count). The van der Waals surface area contributed by atoms with Crippen molar-refractivity contribution in [1.82, 2.24) is 10.2 Å². The van der Waals surface area contributed by atoms with Crippen molar-refractivity contribution in [1.29, 1.82) is 0 Å². The third-order valence-electron chi connectivity index (χ3n) is 2.80. The van der Waals surface area contributed by atoms with Crippen molar-refractivity contribution in [2.45, 2.75) is 26.2 Å². The topological polar surface area (TPSA) is 45.8 Å². The molecule has 1 heterocycles. The Morgan fingerprint density at radius 1 is 1.33 bits per heavy atom. The average Bonchev–Trinajstić information content (AvgIpc) is 2.29. The molecule has 1 unspecified atom stereocenters. The summed E-state index contributed by atoms with van der Waals surface area (Å²) in [5.74, 6) is 0.367. The Bertz CT molecular complexity index is 530. The molecule has 0 saturated heterocycles. The molecule has 1 atom stereocenters. The lowest BCUT2D eigenvalue weighted by Gasteiger charge is -2.09. The van der Waals surface area contributed by atoms with E-state index < -0.39 is 0 Å². The van der Waals surface area contributed by atoms with Crippen LogP contribution in [0.25, 0.3) is 10.8 Å². The van der Waals surface area contributed by atoms with Gasteiger partial charge in [-0.05, 0) is 12.5 Å². The smallest absolute Gasteiger partial charge is 0.267 e. The van der Waals surface area contributed by atoms with Crippen molar-refractivity contribution in [3.63, 3.8) is 0 Å². The summed E-state index contributed by atoms with van der Waals surface area (Å²) >= 11 is 0. The fourth-order valence-corrected chi connectivity index (χ4v) is 1.70. The summed E-state index contributed by atoms with van der Waals surface area (Å²) in [7, 11) is 0. The summed E-state index contributed by atoms with van der Waals surface area (Å²) in [6, 6.07) is 7.61. The first-order chi connectivity index (χ1) is 7.24. The van der Waals surface area contributed by atoms with Gasteiger partial charge < -0.3 is 0 Å². The fraction of sp³-hybridized carbons (Fsp3) is 0.333. The number of nitrogens with one attached hydrogen (secondary N) is 1. The summed E-state index contributed by atoms with van der Waals surface area (Å²) in [6.45, 7) is 4.24. The molecule has 0 aliphatic rings. The zero-order chi connectivity index (χ0) is 10.8. The van der Waals surface area contributed by atoms with E-state index in [1.165, 1.54) is 0 Å². The van der Waals surface area contributed by atoms with E-state index in [4.69, 9.17) is 0 Å². The van der Waals surface area contributed by atoms with Crippen molar-refractivity contribution in [2.24, 2.45) is 0 Å². The van der Waals surface area contributed by atoms with E-state index in [1.54, 1.807) is 0 Å². The van der Waals surface area contributed by atoms with Crippen LogP contribution < -0.4 is 5.56 Å². The second-order valence-electron chi connectivity index (χ2n) is 3.79. The van der Waals surface area contributed by atoms with Gasteiger partial charge in [-0.25, -0.2) is 5.10 Å². The van der Waals surface area contributed by atoms with Gasteiger partial charge >= 0.3 is 0 Å². The number of rotatable bonds is 2. The van der Waals surface area contributed by atoms with Gasteiger partial charge in [0.1, 0.15) is 0 Å². The Hall–Kier alpha value is -1.64. The van der Waals surface area contributed by atoms with Crippen LogP contribution in [0.1, 0.15) is 31.9 Å². The van der Waals surface area contributed by atoms with E-state index in [-0.39, 0.29) is 5.56 Å². The van der Waals surface area contributed by atoms with Crippen molar-refractivity contribution in [3.05, 3.63) is 40.3 Å². The monoisotopic (exact) mass is 202 g/mol. The molecular weight excluding hydrogens is 188 g/mol. The van der Waals surface area contributed by atoms with Gasteiger partial charge in [0.2, 0.25) is 0 Å². The maximum atomic E-state index is 11.5. The van der Waals surface area contributed by atoms with Crippen LogP contribution in [0, 0.1) is 0 Å². The maximum Gasteiger partial charge on any atom is 0.272 e. The van der Waals surface area contributed by atoms with E-state index in [0.29, 0.717) is 5.92 Å². The standard InChI is InChI=1S/C12H14N2O/c1-3-8(2)11-9-6-4-5-7-10(9)12(15)14-13-11/h4-8H,3H2,1-2H3,(H,14,15). The van der Waals surface area contributed by atoms with Gasteiger partial charge in [0.05, 0.1) is 11.1 Å². The van der Waals surface area contributed by atoms with Crippen LogP contribution in [0.4, 0.5) is 0 Å². The van der Waals surface area contributed by atoms with E-state index in [0.717, 1.165) is 22.9 Å². The number of aromatic amines is 1. The number of hydrogen-bond acceptors (Lipinski definition) is 2. The molecule has 78 valence electrons. The lowest BCUT2D eigenvalue weighted by atomic mass is 10.00. The molecule has 0 aliphatic carbocycles. The highest BCUT2D eigenvalue weighted by molar-refractivity contribution is 5.83. The van der Waals surface area contributed by atoms with Crippen molar-refractivity contribution < 1.29 is 0 Å². The molecule has 0 spiro atoms. The van der Waals surface area contributed by atoms with Gasteiger partial charge in [0.15, 0.2) is 0 Å².